The molecule has 2 aromatic rings. The van der Waals surface area contributed by atoms with Gasteiger partial charge in [0.2, 0.25) is 11.0 Å². The van der Waals surface area contributed by atoms with E-state index in [9.17, 15) is 9.59 Å². The third-order valence-electron chi connectivity index (χ3n) is 5.06. The van der Waals surface area contributed by atoms with Gasteiger partial charge in [0.05, 0.1) is 5.69 Å². The summed E-state index contributed by atoms with van der Waals surface area (Å²) in [4.78, 5) is 23.1. The van der Waals surface area contributed by atoms with Gasteiger partial charge >= 0.3 is 0 Å². The van der Waals surface area contributed by atoms with Gasteiger partial charge in [-0.15, -0.1) is 15.3 Å². The maximum atomic E-state index is 12.0. The van der Waals surface area contributed by atoms with E-state index in [0.717, 1.165) is 53.2 Å². The minimum Gasteiger partial charge on any atom is -0.348 e. The van der Waals surface area contributed by atoms with E-state index in [0.29, 0.717) is 29.5 Å². The highest BCUT2D eigenvalue weighted by Crippen LogP contribution is 2.21. The molecule has 0 aliphatic heterocycles. The van der Waals surface area contributed by atoms with Crippen molar-refractivity contribution in [2.75, 3.05) is 17.2 Å². The second kappa shape index (κ2) is 15.2. The van der Waals surface area contributed by atoms with Crippen molar-refractivity contribution in [3.05, 3.63) is 83.2 Å². The number of unbranched alkanes of at least 4 members (excludes halogenated alkanes) is 1. The van der Waals surface area contributed by atoms with Gasteiger partial charge in [0, 0.05) is 37.6 Å². The molecule has 0 bridgehead atoms. The Labute approximate surface area is 222 Å². The number of nitrogens with one attached hydrogen (secondary N) is 3. The largest absolute Gasteiger partial charge is 0.348 e. The first kappa shape index (κ1) is 29.3. The van der Waals surface area contributed by atoms with Crippen molar-refractivity contribution in [1.82, 2.24) is 25.7 Å². The second-order valence-electron chi connectivity index (χ2n) is 8.48. The first-order chi connectivity index (χ1) is 17.7. The summed E-state index contributed by atoms with van der Waals surface area (Å²) in [7, 11) is 0. The Morgan fingerprint density at radius 3 is 2.43 bits per heavy atom. The molecule has 37 heavy (non-hydrogen) atoms. The van der Waals surface area contributed by atoms with Crippen LogP contribution in [0.2, 0.25) is 0 Å². The van der Waals surface area contributed by atoms with Gasteiger partial charge in [0.1, 0.15) is 5.01 Å². The van der Waals surface area contributed by atoms with E-state index in [1.165, 1.54) is 24.3 Å². The molecule has 3 N–H and O–H groups in total. The number of aryl methyl sites for hydroxylation is 2. The predicted octanol–water partition coefficient (Wildman–Crippen LogP) is 4.92. The number of hydrogen-bond donors (Lipinski definition) is 3. The quantitative estimate of drug-likeness (QED) is 0.173. The molecule has 0 aliphatic rings. The molecule has 2 aromatic heterocycles. The Balaban J connectivity index is 1.71. The number of amides is 2. The standard InChI is InChI=1S/C27H35N7O2S/c1-7-22(8-2)26(36)28-17-19(4)15-18(3)16-20(5)29-27-34-33-25(37-27)12-10-9-11-23-13-14-24(32-31-23)30-21(6)35/h7-8,13-15H,1,3,5,9-12,16-17H2,2,4,6H3,(H,28,36)(H,29,34)(H,30,32,35)/b19-15+,22-8+. The molecule has 2 rings (SSSR count). The fourth-order valence-corrected chi connectivity index (χ4v) is 4.14. The number of carbonyl (C=O) groups excluding carboxylic acids is 2. The van der Waals surface area contributed by atoms with E-state index in [1.807, 2.05) is 19.1 Å². The summed E-state index contributed by atoms with van der Waals surface area (Å²) in [6, 6.07) is 3.63. The fourth-order valence-electron chi connectivity index (χ4n) is 3.31. The van der Waals surface area contributed by atoms with Gasteiger partial charge in [-0.1, -0.05) is 54.9 Å². The van der Waals surface area contributed by atoms with Crippen molar-refractivity contribution in [3.63, 3.8) is 0 Å². The third-order valence-corrected chi connectivity index (χ3v) is 5.96. The summed E-state index contributed by atoms with van der Waals surface area (Å²) in [6.07, 6.45) is 9.27. The number of carbonyl (C=O) groups is 2. The molecule has 10 heteroatoms. The zero-order valence-electron chi connectivity index (χ0n) is 21.8. The van der Waals surface area contributed by atoms with E-state index in [1.54, 1.807) is 19.1 Å². The molecule has 0 aromatic carbocycles. The van der Waals surface area contributed by atoms with Crippen molar-refractivity contribution in [3.8, 4) is 0 Å². The molecule has 0 aliphatic carbocycles. The molecule has 0 saturated heterocycles. The lowest BCUT2D eigenvalue weighted by Crippen LogP contribution is -2.26. The third kappa shape index (κ3) is 11.1. The molecule has 0 fully saturated rings. The monoisotopic (exact) mass is 521 g/mol. The maximum absolute atomic E-state index is 12.0. The van der Waals surface area contributed by atoms with E-state index in [4.69, 9.17) is 0 Å². The molecule has 0 radical (unpaired) electrons. The van der Waals surface area contributed by atoms with Gasteiger partial charge in [-0.3, -0.25) is 9.59 Å². The number of aromatic nitrogens is 4. The molecule has 0 saturated carbocycles. The zero-order valence-corrected chi connectivity index (χ0v) is 22.6. The normalized spacial score (nSPS) is 11.5. The highest BCUT2D eigenvalue weighted by molar-refractivity contribution is 7.15. The molecule has 0 atom stereocenters. The molecule has 0 unspecified atom stereocenters. The lowest BCUT2D eigenvalue weighted by atomic mass is 10.1. The Kier molecular flexibility index (Phi) is 12.1. The highest BCUT2D eigenvalue weighted by Gasteiger charge is 2.08. The Hall–Kier alpha value is -3.92. The molecule has 9 nitrogen and oxygen atoms in total. The first-order valence-corrected chi connectivity index (χ1v) is 12.8. The summed E-state index contributed by atoms with van der Waals surface area (Å²) >= 11 is 1.51. The van der Waals surface area contributed by atoms with Crippen LogP contribution in [0.1, 0.15) is 50.7 Å². The minimum atomic E-state index is -0.168. The van der Waals surface area contributed by atoms with E-state index < -0.39 is 0 Å². The molecular weight excluding hydrogens is 486 g/mol. The van der Waals surface area contributed by atoms with Crippen LogP contribution < -0.4 is 16.0 Å². The predicted molar refractivity (Wildman–Crippen MR) is 150 cm³/mol. The number of anilines is 2. The van der Waals surface area contributed by atoms with Gasteiger partial charge in [0.25, 0.3) is 5.91 Å². The van der Waals surface area contributed by atoms with Gasteiger partial charge in [0.15, 0.2) is 5.82 Å². The summed E-state index contributed by atoms with van der Waals surface area (Å²) in [6.45, 7) is 17.4. The average Bonchev–Trinajstić information content (AvgIpc) is 3.28. The fraction of sp³-hybridized carbons (Fsp3) is 0.333. The average molecular weight is 522 g/mol. The summed E-state index contributed by atoms with van der Waals surface area (Å²) in [5, 5.41) is 26.9. The minimum absolute atomic E-state index is 0.153. The Morgan fingerprint density at radius 1 is 1.03 bits per heavy atom. The topological polar surface area (TPSA) is 122 Å². The van der Waals surface area contributed by atoms with Gasteiger partial charge < -0.3 is 16.0 Å². The van der Waals surface area contributed by atoms with Gasteiger partial charge in [-0.05, 0) is 50.8 Å². The van der Waals surface area contributed by atoms with Crippen molar-refractivity contribution in [2.24, 2.45) is 0 Å². The molecule has 0 spiro atoms. The molecule has 2 heterocycles. The maximum Gasteiger partial charge on any atom is 0.251 e. The number of rotatable bonds is 15. The second-order valence-corrected chi connectivity index (χ2v) is 9.55. The molecule has 2 amide bonds. The number of hydrogen-bond acceptors (Lipinski definition) is 8. The van der Waals surface area contributed by atoms with E-state index in [2.05, 4.69) is 56.1 Å². The SMILES string of the molecule is C=C/C(=C\C)C(=O)NC/C(C)=C/C(=C)CC(=C)Nc1nnc(CCCCc2ccc(NC(C)=O)nn2)s1. The van der Waals surface area contributed by atoms with E-state index >= 15 is 0 Å². The van der Waals surface area contributed by atoms with Crippen LogP contribution in [0.4, 0.5) is 10.9 Å². The summed E-state index contributed by atoms with van der Waals surface area (Å²) in [5.74, 6) is 0.135. The van der Waals surface area contributed by atoms with Crippen LogP contribution in [0.3, 0.4) is 0 Å². The van der Waals surface area contributed by atoms with Crippen LogP contribution in [0.15, 0.2) is 72.5 Å². The summed E-state index contributed by atoms with van der Waals surface area (Å²) in [5.41, 5.74) is 4.06. The van der Waals surface area contributed by atoms with Crippen molar-refractivity contribution >= 4 is 34.1 Å². The molecular formula is C27H35N7O2S. The smallest absolute Gasteiger partial charge is 0.251 e. The van der Waals surface area contributed by atoms with Crippen molar-refractivity contribution < 1.29 is 9.59 Å². The Morgan fingerprint density at radius 2 is 1.78 bits per heavy atom. The van der Waals surface area contributed by atoms with Crippen molar-refractivity contribution in [1.29, 1.82) is 0 Å². The van der Waals surface area contributed by atoms with Crippen LogP contribution in [-0.4, -0.2) is 38.8 Å². The van der Waals surface area contributed by atoms with Crippen LogP contribution >= 0.6 is 11.3 Å². The molecule has 196 valence electrons. The first-order valence-electron chi connectivity index (χ1n) is 12.0. The van der Waals surface area contributed by atoms with Gasteiger partial charge in [-0.2, -0.15) is 5.10 Å². The van der Waals surface area contributed by atoms with Crippen LogP contribution in [0.25, 0.3) is 0 Å². The number of allylic oxidation sites excluding steroid dienone is 3. The van der Waals surface area contributed by atoms with Crippen LogP contribution in [0.5, 0.6) is 0 Å². The number of nitrogens with zero attached hydrogens (tertiary/aromatic N) is 4. The van der Waals surface area contributed by atoms with E-state index in [-0.39, 0.29) is 11.8 Å². The van der Waals surface area contributed by atoms with Crippen molar-refractivity contribution in [2.45, 2.75) is 52.9 Å². The van der Waals surface area contributed by atoms with Crippen LogP contribution in [0, 0.1) is 0 Å². The zero-order chi connectivity index (χ0) is 27.2. The Bertz CT molecular complexity index is 1180. The highest BCUT2D eigenvalue weighted by atomic mass is 32.1. The lowest BCUT2D eigenvalue weighted by Gasteiger charge is -2.09. The van der Waals surface area contributed by atoms with Gasteiger partial charge in [-0.25, -0.2) is 0 Å². The van der Waals surface area contributed by atoms with Crippen LogP contribution in [-0.2, 0) is 22.4 Å². The summed E-state index contributed by atoms with van der Waals surface area (Å²) < 4.78 is 0. The lowest BCUT2D eigenvalue weighted by molar-refractivity contribution is -0.117.